The first-order valence-corrected chi connectivity index (χ1v) is 6.81. The average molecular weight is 300 g/mol. The largest absolute Gasteiger partial charge is 0.480 e. The number of hydrogen-bond donors (Lipinski definition) is 3. The number of carboxylic acid groups (broad SMARTS) is 1. The number of aromatic nitrogens is 1. The van der Waals surface area contributed by atoms with Crippen LogP contribution in [0.3, 0.4) is 0 Å². The molecule has 0 spiro atoms. The van der Waals surface area contributed by atoms with Crippen molar-refractivity contribution in [2.75, 3.05) is 6.54 Å². The number of aliphatic carboxylic acids is 1. The summed E-state index contributed by atoms with van der Waals surface area (Å²) >= 11 is 1.09. The van der Waals surface area contributed by atoms with Gasteiger partial charge < -0.3 is 10.8 Å². The van der Waals surface area contributed by atoms with Gasteiger partial charge in [0.05, 0.1) is 4.92 Å². The van der Waals surface area contributed by atoms with E-state index in [1.54, 1.807) is 0 Å². The second-order valence-corrected chi connectivity index (χ2v) is 4.90. The van der Waals surface area contributed by atoms with Gasteiger partial charge >= 0.3 is 11.7 Å². The van der Waals surface area contributed by atoms with Gasteiger partial charge in [-0.3, -0.25) is 19.6 Å². The molecule has 1 aromatic heterocycles. The minimum Gasteiger partial charge on any atom is -0.480 e. The van der Waals surface area contributed by atoms with E-state index in [9.17, 15) is 14.9 Å². The van der Waals surface area contributed by atoms with E-state index in [1.807, 2.05) is 0 Å². The fraction of sp³-hybridized carbons (Fsp3) is 0.455. The number of nitrogens with one attached hydrogen (secondary N) is 1. The molecule has 1 unspecified atom stereocenters. The van der Waals surface area contributed by atoms with Crippen LogP contribution in [0.2, 0.25) is 0 Å². The third-order valence-corrected chi connectivity index (χ3v) is 3.33. The van der Waals surface area contributed by atoms with Crippen LogP contribution in [0.4, 0.5) is 5.69 Å². The summed E-state index contributed by atoms with van der Waals surface area (Å²) in [4.78, 5) is 24.7. The standard InChI is InChI=1S/C11H16N4O4S/c12-8(11(16)17)4-1-2-7-14-20-10-9(15(18)19)5-3-6-13-10/h3,5-6,8,14H,1-2,4,7,12H2,(H,16,17). The summed E-state index contributed by atoms with van der Waals surface area (Å²) in [6, 6.07) is 2.07. The summed E-state index contributed by atoms with van der Waals surface area (Å²) in [5.41, 5.74) is 5.32. The van der Waals surface area contributed by atoms with Crippen molar-refractivity contribution in [1.82, 2.24) is 9.71 Å². The lowest BCUT2D eigenvalue weighted by Crippen LogP contribution is -2.29. The van der Waals surface area contributed by atoms with Crippen LogP contribution in [0.1, 0.15) is 19.3 Å². The molecule has 0 aliphatic rings. The summed E-state index contributed by atoms with van der Waals surface area (Å²) in [6.45, 7) is 0.588. The molecule has 0 aliphatic heterocycles. The van der Waals surface area contributed by atoms with Gasteiger partial charge in [-0.05, 0) is 30.9 Å². The predicted molar refractivity (Wildman–Crippen MR) is 74.2 cm³/mol. The zero-order valence-electron chi connectivity index (χ0n) is 10.7. The molecule has 110 valence electrons. The third kappa shape index (κ3) is 5.51. The van der Waals surface area contributed by atoms with Gasteiger partial charge in [0.2, 0.25) is 0 Å². The maximum atomic E-state index is 10.8. The minimum atomic E-state index is -1.00. The van der Waals surface area contributed by atoms with Gasteiger partial charge in [0, 0.05) is 18.8 Å². The van der Waals surface area contributed by atoms with Gasteiger partial charge in [-0.1, -0.05) is 6.42 Å². The molecular weight excluding hydrogens is 284 g/mol. The molecule has 0 fully saturated rings. The lowest BCUT2D eigenvalue weighted by molar-refractivity contribution is -0.388. The number of hydrogen-bond acceptors (Lipinski definition) is 7. The van der Waals surface area contributed by atoms with Gasteiger partial charge in [0.1, 0.15) is 6.04 Å². The Labute approximate surface area is 120 Å². The van der Waals surface area contributed by atoms with E-state index in [2.05, 4.69) is 9.71 Å². The van der Waals surface area contributed by atoms with Crippen molar-refractivity contribution in [3.8, 4) is 0 Å². The molecule has 0 amide bonds. The van der Waals surface area contributed by atoms with Crippen LogP contribution in [0.25, 0.3) is 0 Å². The van der Waals surface area contributed by atoms with Crippen LogP contribution >= 0.6 is 11.9 Å². The highest BCUT2D eigenvalue weighted by Gasteiger charge is 2.14. The number of nitrogens with two attached hydrogens (primary N) is 1. The zero-order chi connectivity index (χ0) is 15.0. The lowest BCUT2D eigenvalue weighted by Gasteiger charge is -2.06. The molecule has 0 aliphatic carbocycles. The maximum Gasteiger partial charge on any atom is 0.320 e. The van der Waals surface area contributed by atoms with Crippen LogP contribution in [-0.2, 0) is 4.79 Å². The molecule has 1 aromatic rings. The Morgan fingerprint density at radius 1 is 1.60 bits per heavy atom. The van der Waals surface area contributed by atoms with E-state index in [1.165, 1.54) is 18.3 Å². The van der Waals surface area contributed by atoms with Crippen LogP contribution < -0.4 is 10.5 Å². The fourth-order valence-corrected chi connectivity index (χ4v) is 2.15. The molecule has 1 heterocycles. The Morgan fingerprint density at radius 3 is 3.00 bits per heavy atom. The van der Waals surface area contributed by atoms with Gasteiger partial charge in [-0.2, -0.15) is 0 Å². The maximum absolute atomic E-state index is 10.8. The lowest BCUT2D eigenvalue weighted by atomic mass is 10.1. The average Bonchev–Trinajstić information content (AvgIpc) is 2.42. The van der Waals surface area contributed by atoms with Crippen molar-refractivity contribution in [3.63, 3.8) is 0 Å². The molecule has 1 atom stereocenters. The SMILES string of the molecule is NC(CCCCNSc1ncccc1[N+](=O)[O-])C(=O)O. The number of nitro groups is 1. The predicted octanol–water partition coefficient (Wildman–Crippen LogP) is 1.17. The summed E-state index contributed by atoms with van der Waals surface area (Å²) in [5.74, 6) is -1.00. The Hall–Kier alpha value is -1.71. The number of nitrogens with zero attached hydrogens (tertiary/aromatic N) is 2. The molecule has 0 saturated heterocycles. The van der Waals surface area contributed by atoms with Gasteiger partial charge in [0.15, 0.2) is 5.03 Å². The van der Waals surface area contributed by atoms with Gasteiger partial charge in [-0.15, -0.1) is 0 Å². The van der Waals surface area contributed by atoms with Crippen LogP contribution in [-0.4, -0.2) is 33.6 Å². The molecule has 0 bridgehead atoms. The van der Waals surface area contributed by atoms with E-state index in [4.69, 9.17) is 10.8 Å². The number of carboxylic acids is 1. The second kappa shape index (κ2) is 8.46. The van der Waals surface area contributed by atoms with E-state index in [0.717, 1.165) is 18.4 Å². The first-order chi connectivity index (χ1) is 9.52. The number of carbonyl (C=O) groups is 1. The Morgan fingerprint density at radius 2 is 2.35 bits per heavy atom. The number of pyridine rings is 1. The summed E-state index contributed by atoms with van der Waals surface area (Å²) in [7, 11) is 0. The monoisotopic (exact) mass is 300 g/mol. The second-order valence-electron chi connectivity index (χ2n) is 4.02. The van der Waals surface area contributed by atoms with Gasteiger partial charge in [0.25, 0.3) is 0 Å². The topological polar surface area (TPSA) is 131 Å². The normalized spacial score (nSPS) is 12.1. The fourth-order valence-electron chi connectivity index (χ4n) is 1.40. The van der Waals surface area contributed by atoms with Gasteiger partial charge in [-0.25, -0.2) is 4.98 Å². The molecule has 0 radical (unpaired) electrons. The van der Waals surface area contributed by atoms with Crippen molar-refractivity contribution < 1.29 is 14.8 Å². The first-order valence-electron chi connectivity index (χ1n) is 6.00. The Bertz CT molecular complexity index is 471. The summed E-state index contributed by atoms with van der Waals surface area (Å²) in [5, 5.41) is 19.7. The summed E-state index contributed by atoms with van der Waals surface area (Å²) < 4.78 is 2.96. The minimum absolute atomic E-state index is 0.0436. The van der Waals surface area contributed by atoms with Crippen LogP contribution in [0.15, 0.2) is 23.4 Å². The molecule has 0 aromatic carbocycles. The quantitative estimate of drug-likeness (QED) is 0.268. The molecular formula is C11H16N4O4S. The van der Waals surface area contributed by atoms with E-state index in [0.29, 0.717) is 24.4 Å². The van der Waals surface area contributed by atoms with Crippen molar-refractivity contribution >= 4 is 23.6 Å². The van der Waals surface area contributed by atoms with Crippen LogP contribution in [0, 0.1) is 10.1 Å². The zero-order valence-corrected chi connectivity index (χ0v) is 11.5. The smallest absolute Gasteiger partial charge is 0.320 e. The number of unbranched alkanes of at least 4 members (excludes halogenated alkanes) is 1. The molecule has 4 N–H and O–H groups in total. The molecule has 8 nitrogen and oxygen atoms in total. The van der Waals surface area contributed by atoms with E-state index < -0.39 is 16.9 Å². The first kappa shape index (κ1) is 16.3. The molecule has 1 rings (SSSR count). The van der Waals surface area contributed by atoms with Crippen molar-refractivity contribution in [3.05, 3.63) is 28.4 Å². The van der Waals surface area contributed by atoms with E-state index >= 15 is 0 Å². The van der Waals surface area contributed by atoms with Crippen molar-refractivity contribution in [2.45, 2.75) is 30.3 Å². The third-order valence-electron chi connectivity index (χ3n) is 2.48. The van der Waals surface area contributed by atoms with Crippen molar-refractivity contribution in [1.29, 1.82) is 0 Å². The summed E-state index contributed by atoms with van der Waals surface area (Å²) in [6.07, 6.45) is 3.30. The highest BCUT2D eigenvalue weighted by atomic mass is 32.2. The molecule has 9 heteroatoms. The molecule has 0 saturated carbocycles. The number of rotatable bonds is 9. The van der Waals surface area contributed by atoms with Crippen molar-refractivity contribution in [2.24, 2.45) is 5.73 Å². The highest BCUT2D eigenvalue weighted by Crippen LogP contribution is 2.23. The Kier molecular flexibility index (Phi) is 6.91. The molecule has 20 heavy (non-hydrogen) atoms. The highest BCUT2D eigenvalue weighted by molar-refractivity contribution is 7.97. The van der Waals surface area contributed by atoms with E-state index in [-0.39, 0.29) is 5.69 Å². The Balaban J connectivity index is 2.25. The van der Waals surface area contributed by atoms with Crippen LogP contribution in [0.5, 0.6) is 0 Å².